The highest BCUT2D eigenvalue weighted by molar-refractivity contribution is 7.88. The Morgan fingerprint density at radius 3 is 2.00 bits per heavy atom. The second kappa shape index (κ2) is 7.80. The fourth-order valence-corrected chi connectivity index (χ4v) is 1.46. The number of carboxylic acids is 1. The van der Waals surface area contributed by atoms with Gasteiger partial charge in [0.25, 0.3) is 5.97 Å². The zero-order valence-corrected chi connectivity index (χ0v) is 9.78. The van der Waals surface area contributed by atoms with Crippen LogP contribution in [0.4, 0.5) is 0 Å². The van der Waals surface area contributed by atoms with Crippen molar-refractivity contribution >= 4 is 16.0 Å². The number of hydrogen-bond donors (Lipinski definition) is 3. The Kier molecular flexibility index (Phi) is 8.27. The van der Waals surface area contributed by atoms with Gasteiger partial charge < -0.3 is 11.3 Å². The van der Waals surface area contributed by atoms with Crippen molar-refractivity contribution in [2.75, 3.05) is 0 Å². The van der Waals surface area contributed by atoms with Crippen molar-refractivity contribution in [1.29, 1.82) is 0 Å². The minimum Gasteiger partial charge on any atom is -0.481 e. The van der Waals surface area contributed by atoms with E-state index in [4.69, 9.17) is 15.0 Å². The first-order chi connectivity index (χ1) is 6.81. The zero-order chi connectivity index (χ0) is 11.9. The minimum absolute atomic E-state index is 0. The van der Waals surface area contributed by atoms with Gasteiger partial charge in [0.2, 0.25) is 10.0 Å². The van der Waals surface area contributed by atoms with Gasteiger partial charge in [0.1, 0.15) is 0 Å². The topological polar surface area (TPSA) is 132 Å². The molecule has 6 N–H and O–H groups in total. The summed E-state index contributed by atoms with van der Waals surface area (Å²) in [5.41, 5.74) is 0.718. The van der Waals surface area contributed by atoms with Gasteiger partial charge in [-0.25, -0.2) is 13.6 Å². The second-order valence-corrected chi connectivity index (χ2v) is 4.43. The third-order valence-electron chi connectivity index (χ3n) is 1.21. The van der Waals surface area contributed by atoms with E-state index >= 15 is 0 Å². The standard InChI is InChI=1S/C7H9NO2S.C2H4O2.H3N/c8-11(9,10)6-7-4-2-1-3-5-7;1-2(3)4;/h1-5H,6H2,(H2,8,9,10);1H3,(H,3,4);1H3. The molecule has 0 aliphatic carbocycles. The molecular weight excluding hydrogens is 232 g/mol. The molecule has 1 aromatic carbocycles. The first-order valence-electron chi connectivity index (χ1n) is 4.05. The molecule has 7 heteroatoms. The van der Waals surface area contributed by atoms with Gasteiger partial charge in [-0.15, -0.1) is 0 Å². The molecule has 6 nitrogen and oxygen atoms in total. The number of aliphatic carboxylic acids is 1. The SMILES string of the molecule is CC(=O)O.N.NS(=O)(=O)Cc1ccccc1. The quantitative estimate of drug-likeness (QED) is 0.709. The second-order valence-electron chi connectivity index (χ2n) is 2.81. The van der Waals surface area contributed by atoms with Crippen molar-refractivity contribution in [3.8, 4) is 0 Å². The summed E-state index contributed by atoms with van der Waals surface area (Å²) in [6.45, 7) is 1.08. The number of rotatable bonds is 2. The average molecular weight is 248 g/mol. The minimum atomic E-state index is -3.38. The molecule has 0 bridgehead atoms. The molecular formula is C9H16N2O4S. The van der Waals surface area contributed by atoms with Gasteiger partial charge in [-0.3, -0.25) is 4.79 Å². The highest BCUT2D eigenvalue weighted by atomic mass is 32.2. The number of primary sulfonamides is 1. The van der Waals surface area contributed by atoms with E-state index in [2.05, 4.69) is 0 Å². The summed E-state index contributed by atoms with van der Waals surface area (Å²) in [6, 6.07) is 8.84. The van der Waals surface area contributed by atoms with Crippen LogP contribution in [0.5, 0.6) is 0 Å². The molecule has 1 rings (SSSR count). The van der Waals surface area contributed by atoms with E-state index in [-0.39, 0.29) is 11.9 Å². The van der Waals surface area contributed by atoms with E-state index < -0.39 is 16.0 Å². The third kappa shape index (κ3) is 12.6. The fraction of sp³-hybridized carbons (Fsp3) is 0.222. The van der Waals surface area contributed by atoms with Crippen LogP contribution in [0.3, 0.4) is 0 Å². The molecule has 0 spiro atoms. The Balaban J connectivity index is 0. The molecule has 0 fully saturated rings. The van der Waals surface area contributed by atoms with E-state index in [9.17, 15) is 8.42 Å². The molecule has 0 saturated heterocycles. The van der Waals surface area contributed by atoms with Gasteiger partial charge in [0.05, 0.1) is 5.75 Å². The number of carboxylic acid groups (broad SMARTS) is 1. The molecule has 0 atom stereocenters. The van der Waals surface area contributed by atoms with Crippen LogP contribution >= 0.6 is 0 Å². The Hall–Kier alpha value is -1.44. The van der Waals surface area contributed by atoms with Crippen molar-refractivity contribution in [3.63, 3.8) is 0 Å². The Bertz CT molecular complexity index is 399. The normalized spacial score (nSPS) is 9.38. The number of benzene rings is 1. The number of hydrogen-bond acceptors (Lipinski definition) is 4. The Morgan fingerprint density at radius 1 is 1.31 bits per heavy atom. The maximum absolute atomic E-state index is 10.6. The zero-order valence-electron chi connectivity index (χ0n) is 8.96. The largest absolute Gasteiger partial charge is 0.481 e. The van der Waals surface area contributed by atoms with E-state index in [0.717, 1.165) is 12.5 Å². The number of nitrogens with two attached hydrogens (primary N) is 1. The molecule has 0 heterocycles. The molecule has 0 saturated carbocycles. The molecule has 0 aliphatic rings. The Labute approximate surface area is 94.7 Å². The monoisotopic (exact) mass is 248 g/mol. The smallest absolute Gasteiger partial charge is 0.300 e. The highest BCUT2D eigenvalue weighted by Gasteiger charge is 2.02. The number of carbonyl (C=O) groups is 1. The van der Waals surface area contributed by atoms with Crippen LogP contribution in [0.15, 0.2) is 30.3 Å². The van der Waals surface area contributed by atoms with Crippen molar-refractivity contribution in [1.82, 2.24) is 6.15 Å². The van der Waals surface area contributed by atoms with E-state index in [0.29, 0.717) is 0 Å². The van der Waals surface area contributed by atoms with E-state index in [1.54, 1.807) is 24.3 Å². The molecule has 0 unspecified atom stereocenters. The fourth-order valence-electron chi connectivity index (χ4n) is 0.807. The lowest BCUT2D eigenvalue weighted by Gasteiger charge is -1.96. The summed E-state index contributed by atoms with van der Waals surface area (Å²) in [4.78, 5) is 9.00. The molecule has 16 heavy (non-hydrogen) atoms. The molecule has 92 valence electrons. The summed E-state index contributed by atoms with van der Waals surface area (Å²) < 4.78 is 21.2. The molecule has 0 aliphatic heterocycles. The third-order valence-corrected chi connectivity index (χ3v) is 1.95. The maximum Gasteiger partial charge on any atom is 0.300 e. The first-order valence-corrected chi connectivity index (χ1v) is 5.77. The van der Waals surface area contributed by atoms with Crippen LogP contribution in [0.2, 0.25) is 0 Å². The van der Waals surface area contributed by atoms with Crippen molar-refractivity contribution < 1.29 is 18.3 Å². The molecule has 0 amide bonds. The van der Waals surface area contributed by atoms with Gasteiger partial charge in [0, 0.05) is 6.92 Å². The molecule has 0 radical (unpaired) electrons. The molecule has 1 aromatic rings. The van der Waals surface area contributed by atoms with Gasteiger partial charge in [-0.2, -0.15) is 0 Å². The van der Waals surface area contributed by atoms with E-state index in [1.165, 1.54) is 0 Å². The summed E-state index contributed by atoms with van der Waals surface area (Å²) in [6.07, 6.45) is 0. The van der Waals surface area contributed by atoms with E-state index in [1.807, 2.05) is 6.07 Å². The van der Waals surface area contributed by atoms with Gasteiger partial charge >= 0.3 is 0 Å². The van der Waals surface area contributed by atoms with Crippen molar-refractivity contribution in [2.45, 2.75) is 12.7 Å². The lowest BCUT2D eigenvalue weighted by molar-refractivity contribution is -0.134. The summed E-state index contributed by atoms with van der Waals surface area (Å²) >= 11 is 0. The average Bonchev–Trinajstić information content (AvgIpc) is 2.01. The van der Waals surface area contributed by atoms with Crippen LogP contribution in [-0.4, -0.2) is 19.5 Å². The van der Waals surface area contributed by atoms with Gasteiger partial charge in [-0.1, -0.05) is 30.3 Å². The summed E-state index contributed by atoms with van der Waals surface area (Å²) in [7, 11) is -3.38. The summed E-state index contributed by atoms with van der Waals surface area (Å²) in [5, 5.41) is 12.3. The lowest BCUT2D eigenvalue weighted by Crippen LogP contribution is -2.14. The highest BCUT2D eigenvalue weighted by Crippen LogP contribution is 2.01. The predicted octanol–water partition coefficient (Wildman–Crippen LogP) is 0.728. The van der Waals surface area contributed by atoms with Crippen LogP contribution in [-0.2, 0) is 20.6 Å². The molecule has 0 aromatic heterocycles. The lowest BCUT2D eigenvalue weighted by atomic mass is 10.2. The van der Waals surface area contributed by atoms with Gasteiger partial charge in [-0.05, 0) is 5.56 Å². The van der Waals surface area contributed by atoms with Crippen LogP contribution in [0, 0.1) is 0 Å². The van der Waals surface area contributed by atoms with Crippen molar-refractivity contribution in [2.24, 2.45) is 5.14 Å². The summed E-state index contributed by atoms with van der Waals surface area (Å²) in [5.74, 6) is -0.923. The Morgan fingerprint density at radius 2 is 1.69 bits per heavy atom. The van der Waals surface area contributed by atoms with Crippen molar-refractivity contribution in [3.05, 3.63) is 35.9 Å². The van der Waals surface area contributed by atoms with Crippen LogP contribution < -0.4 is 11.3 Å². The van der Waals surface area contributed by atoms with Gasteiger partial charge in [0.15, 0.2) is 0 Å². The maximum atomic E-state index is 10.6. The van der Waals surface area contributed by atoms with Crippen LogP contribution in [0.25, 0.3) is 0 Å². The van der Waals surface area contributed by atoms with Crippen LogP contribution in [0.1, 0.15) is 12.5 Å². The number of sulfonamides is 1. The first kappa shape index (κ1) is 17.0. The predicted molar refractivity (Wildman–Crippen MR) is 61.6 cm³/mol.